The van der Waals surface area contributed by atoms with Gasteiger partial charge in [-0.1, -0.05) is 45.9 Å². The fourth-order valence-corrected chi connectivity index (χ4v) is 3.42. The molecule has 24 heavy (non-hydrogen) atoms. The van der Waals surface area contributed by atoms with Gasteiger partial charge < -0.3 is 4.90 Å². The number of rotatable bonds is 6. The third kappa shape index (κ3) is 4.80. The van der Waals surface area contributed by atoms with Gasteiger partial charge in [0.2, 0.25) is 5.91 Å². The Labute approximate surface area is 156 Å². The molecule has 6 heteroatoms. The molecule has 1 heterocycles. The maximum absolute atomic E-state index is 12.4. The average molecular weight is 408 g/mol. The van der Waals surface area contributed by atoms with Gasteiger partial charge in [0.25, 0.3) is 0 Å². The number of carbonyl (C=O) groups is 1. The molecular weight excluding hydrogens is 386 g/mol. The molecule has 2 aromatic rings. The van der Waals surface area contributed by atoms with E-state index < -0.39 is 0 Å². The Bertz CT molecular complexity index is 713. The van der Waals surface area contributed by atoms with Gasteiger partial charge >= 0.3 is 0 Å². The molecule has 0 bridgehead atoms. The molecule has 0 unspecified atom stereocenters. The van der Waals surface area contributed by atoms with Crippen LogP contribution in [0.2, 0.25) is 0 Å². The number of amides is 1. The monoisotopic (exact) mass is 407 g/mol. The zero-order valence-electron chi connectivity index (χ0n) is 14.5. The van der Waals surface area contributed by atoms with Crippen molar-refractivity contribution in [2.24, 2.45) is 0 Å². The first-order valence-corrected chi connectivity index (χ1v) is 9.79. The van der Waals surface area contributed by atoms with E-state index in [9.17, 15) is 4.79 Å². The van der Waals surface area contributed by atoms with Crippen molar-refractivity contribution in [3.63, 3.8) is 0 Å². The number of aryl methyl sites for hydroxylation is 2. The maximum atomic E-state index is 12.4. The minimum atomic E-state index is 0.124. The zero-order valence-corrected chi connectivity index (χ0v) is 16.9. The Balaban J connectivity index is 1.99. The summed E-state index contributed by atoms with van der Waals surface area (Å²) in [6.07, 6.45) is 3.10. The molecule has 0 aliphatic carbocycles. The highest BCUT2D eigenvalue weighted by Gasteiger charge is 2.14. The molecule has 0 radical (unpaired) electrons. The summed E-state index contributed by atoms with van der Waals surface area (Å²) in [6, 6.07) is 7.97. The fraction of sp³-hybridized carbons (Fsp3) is 0.389. The largest absolute Gasteiger partial charge is 0.341 e. The average Bonchev–Trinajstić information content (AvgIpc) is 2.55. The fourth-order valence-electron chi connectivity index (χ4n) is 2.55. The van der Waals surface area contributed by atoms with E-state index in [-0.39, 0.29) is 5.91 Å². The van der Waals surface area contributed by atoms with Gasteiger partial charge in [0.15, 0.2) is 5.16 Å². The second-order valence-electron chi connectivity index (χ2n) is 5.70. The Morgan fingerprint density at radius 2 is 1.83 bits per heavy atom. The van der Waals surface area contributed by atoms with Crippen molar-refractivity contribution in [1.82, 2.24) is 14.9 Å². The van der Waals surface area contributed by atoms with E-state index in [0.717, 1.165) is 32.1 Å². The SMILES string of the molecule is CSc1nc(C)c(CCC(=O)N(C)Cc2ccccc2Br)c(C)n1. The van der Waals surface area contributed by atoms with Crippen molar-refractivity contribution in [1.29, 1.82) is 0 Å². The maximum Gasteiger partial charge on any atom is 0.222 e. The standard InChI is InChI=1S/C18H22BrN3OS/c1-12-15(13(2)21-18(20-12)24-4)9-10-17(23)22(3)11-14-7-5-6-8-16(14)19/h5-8H,9-11H2,1-4H3. The van der Waals surface area contributed by atoms with Crippen LogP contribution in [0.15, 0.2) is 33.9 Å². The van der Waals surface area contributed by atoms with Crippen LogP contribution < -0.4 is 0 Å². The van der Waals surface area contributed by atoms with Crippen molar-refractivity contribution >= 4 is 33.6 Å². The van der Waals surface area contributed by atoms with Crippen molar-refractivity contribution < 1.29 is 4.79 Å². The molecule has 0 fully saturated rings. The quantitative estimate of drug-likeness (QED) is 0.532. The molecule has 0 aliphatic rings. The topological polar surface area (TPSA) is 46.1 Å². The van der Waals surface area contributed by atoms with E-state index in [1.807, 2.05) is 51.4 Å². The molecule has 1 amide bonds. The third-order valence-corrected chi connectivity index (χ3v) is 5.28. The molecule has 4 nitrogen and oxygen atoms in total. The van der Waals surface area contributed by atoms with Gasteiger partial charge in [0.05, 0.1) is 0 Å². The van der Waals surface area contributed by atoms with E-state index in [4.69, 9.17) is 0 Å². The summed E-state index contributed by atoms with van der Waals surface area (Å²) in [4.78, 5) is 23.2. The summed E-state index contributed by atoms with van der Waals surface area (Å²) in [6.45, 7) is 4.57. The predicted octanol–water partition coefficient (Wildman–Crippen LogP) is 4.17. The van der Waals surface area contributed by atoms with Gasteiger partial charge in [-0.2, -0.15) is 0 Å². The van der Waals surface area contributed by atoms with E-state index >= 15 is 0 Å². The molecule has 128 valence electrons. The van der Waals surface area contributed by atoms with Crippen LogP contribution in [-0.4, -0.2) is 34.1 Å². The smallest absolute Gasteiger partial charge is 0.222 e. The van der Waals surface area contributed by atoms with Gasteiger partial charge in [-0.05, 0) is 43.7 Å². The first-order chi connectivity index (χ1) is 11.4. The molecule has 2 rings (SSSR count). The summed E-state index contributed by atoms with van der Waals surface area (Å²) in [5, 5.41) is 0.783. The molecule has 1 aromatic carbocycles. The number of hydrogen-bond donors (Lipinski definition) is 0. The summed E-state index contributed by atoms with van der Waals surface area (Å²) in [5.74, 6) is 0.124. The van der Waals surface area contributed by atoms with Gasteiger partial charge in [-0.3, -0.25) is 4.79 Å². The van der Waals surface area contributed by atoms with Crippen LogP contribution in [0.1, 0.15) is 28.9 Å². The molecule has 0 saturated heterocycles. The summed E-state index contributed by atoms with van der Waals surface area (Å²) < 4.78 is 1.03. The second kappa shape index (κ2) is 8.62. The molecule has 1 aromatic heterocycles. The van der Waals surface area contributed by atoms with E-state index in [1.54, 1.807) is 4.90 Å². The lowest BCUT2D eigenvalue weighted by atomic mass is 10.1. The number of halogens is 1. The van der Waals surface area contributed by atoms with Crippen molar-refractivity contribution in [2.75, 3.05) is 13.3 Å². The van der Waals surface area contributed by atoms with Crippen LogP contribution in [0, 0.1) is 13.8 Å². The number of benzene rings is 1. The van der Waals surface area contributed by atoms with Crippen LogP contribution >= 0.6 is 27.7 Å². The Hall–Kier alpha value is -1.40. The lowest BCUT2D eigenvalue weighted by molar-refractivity contribution is -0.130. The van der Waals surface area contributed by atoms with E-state index in [2.05, 4.69) is 25.9 Å². The van der Waals surface area contributed by atoms with Crippen LogP contribution in [0.4, 0.5) is 0 Å². The Kier molecular flexibility index (Phi) is 6.80. The van der Waals surface area contributed by atoms with Gasteiger partial charge in [-0.25, -0.2) is 9.97 Å². The number of hydrogen-bond acceptors (Lipinski definition) is 4. The summed E-state index contributed by atoms with van der Waals surface area (Å²) in [5.41, 5.74) is 4.12. The van der Waals surface area contributed by atoms with Crippen LogP contribution in [0.3, 0.4) is 0 Å². The van der Waals surface area contributed by atoms with E-state index in [1.165, 1.54) is 11.8 Å². The van der Waals surface area contributed by atoms with Crippen LogP contribution in [0.25, 0.3) is 0 Å². The van der Waals surface area contributed by atoms with Crippen LogP contribution in [-0.2, 0) is 17.8 Å². The zero-order chi connectivity index (χ0) is 17.7. The number of nitrogens with zero attached hydrogens (tertiary/aromatic N) is 3. The normalized spacial score (nSPS) is 10.7. The Morgan fingerprint density at radius 1 is 1.21 bits per heavy atom. The highest BCUT2D eigenvalue weighted by atomic mass is 79.9. The predicted molar refractivity (Wildman–Crippen MR) is 102 cm³/mol. The molecule has 0 atom stereocenters. The van der Waals surface area contributed by atoms with Crippen molar-refractivity contribution in [3.05, 3.63) is 51.3 Å². The highest BCUT2D eigenvalue weighted by molar-refractivity contribution is 9.10. The number of thioether (sulfide) groups is 1. The lowest BCUT2D eigenvalue weighted by Gasteiger charge is -2.18. The van der Waals surface area contributed by atoms with Gasteiger partial charge in [-0.15, -0.1) is 0 Å². The molecule has 0 N–H and O–H groups in total. The van der Waals surface area contributed by atoms with Crippen molar-refractivity contribution in [3.8, 4) is 0 Å². The second-order valence-corrected chi connectivity index (χ2v) is 7.33. The first-order valence-electron chi connectivity index (χ1n) is 7.77. The lowest BCUT2D eigenvalue weighted by Crippen LogP contribution is -2.26. The number of aromatic nitrogens is 2. The summed E-state index contributed by atoms with van der Waals surface area (Å²) in [7, 11) is 1.84. The third-order valence-electron chi connectivity index (χ3n) is 3.96. The first kappa shape index (κ1) is 18.9. The molecule has 0 aliphatic heterocycles. The van der Waals surface area contributed by atoms with Gasteiger partial charge in [0.1, 0.15) is 0 Å². The highest BCUT2D eigenvalue weighted by Crippen LogP contribution is 2.19. The van der Waals surface area contributed by atoms with Crippen molar-refractivity contribution in [2.45, 2.75) is 38.4 Å². The molecule has 0 spiro atoms. The summed E-state index contributed by atoms with van der Waals surface area (Å²) >= 11 is 5.06. The molecule has 0 saturated carbocycles. The minimum absolute atomic E-state index is 0.124. The Morgan fingerprint density at radius 3 is 2.42 bits per heavy atom. The van der Waals surface area contributed by atoms with E-state index in [0.29, 0.717) is 19.4 Å². The minimum Gasteiger partial charge on any atom is -0.341 e. The number of carbonyl (C=O) groups excluding carboxylic acids is 1. The van der Waals surface area contributed by atoms with Crippen LogP contribution in [0.5, 0.6) is 0 Å². The van der Waals surface area contributed by atoms with Gasteiger partial charge in [0, 0.05) is 35.9 Å². The molecular formula is C18H22BrN3OS.